The van der Waals surface area contributed by atoms with Crippen molar-refractivity contribution in [2.24, 2.45) is 14.1 Å². The molecule has 0 unspecified atom stereocenters. The molecule has 3 heterocycles. The summed E-state index contributed by atoms with van der Waals surface area (Å²) in [4.78, 5) is 28.4. The Labute approximate surface area is 132 Å². The molecule has 2 amide bonds. The first-order valence-electron chi connectivity index (χ1n) is 6.98. The summed E-state index contributed by atoms with van der Waals surface area (Å²) in [6, 6.07) is 5.11. The molecule has 0 saturated heterocycles. The van der Waals surface area contributed by atoms with E-state index in [0.717, 1.165) is 11.1 Å². The van der Waals surface area contributed by atoms with Crippen LogP contribution in [0.3, 0.4) is 0 Å². The Balaban J connectivity index is 1.75. The molecule has 0 saturated carbocycles. The van der Waals surface area contributed by atoms with Crippen LogP contribution in [0.5, 0.6) is 0 Å². The number of nitrogens with one attached hydrogen (secondary N) is 2. The minimum atomic E-state index is -0.440. The Bertz CT molecular complexity index is 908. The van der Waals surface area contributed by atoms with E-state index in [1.165, 1.54) is 6.20 Å². The van der Waals surface area contributed by atoms with Crippen LogP contribution in [-0.2, 0) is 14.1 Å². The second-order valence-corrected chi connectivity index (χ2v) is 5.22. The van der Waals surface area contributed by atoms with Gasteiger partial charge in [0.15, 0.2) is 5.65 Å². The Kier molecular flexibility index (Phi) is 3.57. The number of hydrazine groups is 1. The smallest absolute Gasteiger partial charge is 0.286 e. The van der Waals surface area contributed by atoms with Crippen molar-refractivity contribution in [1.29, 1.82) is 0 Å². The monoisotopic (exact) mass is 312 g/mol. The molecule has 0 aliphatic heterocycles. The molecule has 118 valence electrons. The van der Waals surface area contributed by atoms with Crippen molar-refractivity contribution >= 4 is 22.8 Å². The fourth-order valence-corrected chi connectivity index (χ4v) is 2.38. The molecule has 0 aliphatic rings. The molecule has 8 nitrogen and oxygen atoms in total. The molecule has 0 aromatic carbocycles. The largest absolute Gasteiger partial charge is 0.347 e. The van der Waals surface area contributed by atoms with Gasteiger partial charge in [-0.15, -0.1) is 0 Å². The quantitative estimate of drug-likeness (QED) is 0.681. The second-order valence-electron chi connectivity index (χ2n) is 5.22. The highest BCUT2D eigenvalue weighted by molar-refractivity contribution is 6.00. The van der Waals surface area contributed by atoms with Gasteiger partial charge in [0.2, 0.25) is 0 Å². The Morgan fingerprint density at radius 2 is 1.91 bits per heavy atom. The molecule has 3 aromatic rings. The topological polar surface area (TPSA) is 93.8 Å². The van der Waals surface area contributed by atoms with Gasteiger partial charge in [0.25, 0.3) is 11.8 Å². The van der Waals surface area contributed by atoms with Gasteiger partial charge in [-0.3, -0.25) is 25.1 Å². The van der Waals surface area contributed by atoms with Crippen molar-refractivity contribution in [3.8, 4) is 0 Å². The predicted octanol–water partition coefficient (Wildman–Crippen LogP) is 0.690. The molecule has 0 atom stereocenters. The third-order valence-corrected chi connectivity index (χ3v) is 3.59. The lowest BCUT2D eigenvalue weighted by molar-refractivity contribution is 0.0842. The van der Waals surface area contributed by atoms with E-state index < -0.39 is 11.8 Å². The van der Waals surface area contributed by atoms with Gasteiger partial charge in [0.05, 0.1) is 11.3 Å². The third kappa shape index (κ3) is 2.66. The summed E-state index contributed by atoms with van der Waals surface area (Å²) in [5, 5.41) is 5.06. The van der Waals surface area contributed by atoms with Gasteiger partial charge < -0.3 is 4.57 Å². The summed E-state index contributed by atoms with van der Waals surface area (Å²) in [6.45, 7) is 1.85. The van der Waals surface area contributed by atoms with Gasteiger partial charge in [-0.1, -0.05) is 0 Å². The standard InChI is InChI=1S/C15H16N6O2/c1-9-11-7-10(8-16-13(11)21(3)19-9)14(22)17-18-15(23)12-5-4-6-20(12)2/h4-8H,1-3H3,(H,17,22)(H,18,23). The average Bonchev–Trinajstić information content (AvgIpc) is 3.08. The lowest BCUT2D eigenvalue weighted by atomic mass is 10.2. The normalized spacial score (nSPS) is 10.7. The second kappa shape index (κ2) is 5.56. The maximum absolute atomic E-state index is 12.2. The third-order valence-electron chi connectivity index (χ3n) is 3.59. The first-order valence-corrected chi connectivity index (χ1v) is 6.98. The summed E-state index contributed by atoms with van der Waals surface area (Å²) in [5.41, 5.74) is 7.05. The number of fused-ring (bicyclic) bond motifs is 1. The molecule has 0 radical (unpaired) electrons. The van der Waals surface area contributed by atoms with Gasteiger partial charge >= 0.3 is 0 Å². The van der Waals surface area contributed by atoms with Crippen LogP contribution in [0.2, 0.25) is 0 Å². The van der Waals surface area contributed by atoms with Crippen molar-refractivity contribution in [1.82, 2.24) is 30.2 Å². The maximum Gasteiger partial charge on any atom is 0.286 e. The summed E-state index contributed by atoms with van der Waals surface area (Å²) in [7, 11) is 3.54. The van der Waals surface area contributed by atoms with Crippen LogP contribution < -0.4 is 10.9 Å². The minimum absolute atomic E-state index is 0.348. The van der Waals surface area contributed by atoms with Gasteiger partial charge in [-0.05, 0) is 25.1 Å². The molecule has 0 bridgehead atoms. The van der Waals surface area contributed by atoms with Crippen LogP contribution in [0, 0.1) is 6.92 Å². The van der Waals surface area contributed by atoms with E-state index >= 15 is 0 Å². The molecular weight excluding hydrogens is 296 g/mol. The van der Waals surface area contributed by atoms with Crippen molar-refractivity contribution in [3.05, 3.63) is 47.5 Å². The SMILES string of the molecule is Cc1nn(C)c2ncc(C(=O)NNC(=O)c3cccn3C)cc12. The van der Waals surface area contributed by atoms with Crippen LogP contribution in [0.1, 0.15) is 26.5 Å². The van der Waals surface area contributed by atoms with Gasteiger partial charge in [-0.25, -0.2) is 4.98 Å². The van der Waals surface area contributed by atoms with Crippen molar-refractivity contribution in [3.63, 3.8) is 0 Å². The molecule has 0 fully saturated rings. The maximum atomic E-state index is 12.2. The fourth-order valence-electron chi connectivity index (χ4n) is 2.38. The number of hydrogen-bond acceptors (Lipinski definition) is 4. The summed E-state index contributed by atoms with van der Waals surface area (Å²) in [6.07, 6.45) is 3.20. The van der Waals surface area contributed by atoms with E-state index in [9.17, 15) is 9.59 Å². The molecule has 8 heteroatoms. The number of aromatic nitrogens is 4. The summed E-state index contributed by atoms with van der Waals surface area (Å²) < 4.78 is 3.32. The highest BCUT2D eigenvalue weighted by atomic mass is 16.2. The Morgan fingerprint density at radius 1 is 1.17 bits per heavy atom. The number of amides is 2. The Hall–Kier alpha value is -3.16. The highest BCUT2D eigenvalue weighted by Gasteiger charge is 2.14. The van der Waals surface area contributed by atoms with Gasteiger partial charge in [0.1, 0.15) is 5.69 Å². The zero-order chi connectivity index (χ0) is 16.6. The zero-order valence-corrected chi connectivity index (χ0v) is 13.0. The van der Waals surface area contributed by atoms with E-state index in [0.29, 0.717) is 16.9 Å². The number of pyridine rings is 1. The van der Waals surface area contributed by atoms with Crippen molar-refractivity contribution < 1.29 is 9.59 Å². The molecule has 3 aromatic heterocycles. The molecule has 2 N–H and O–H groups in total. The van der Waals surface area contributed by atoms with E-state index in [-0.39, 0.29) is 0 Å². The number of hydrogen-bond donors (Lipinski definition) is 2. The molecular formula is C15H16N6O2. The van der Waals surface area contributed by atoms with Crippen molar-refractivity contribution in [2.75, 3.05) is 0 Å². The predicted molar refractivity (Wildman–Crippen MR) is 83.6 cm³/mol. The minimum Gasteiger partial charge on any atom is -0.347 e. The van der Waals surface area contributed by atoms with Gasteiger partial charge in [0, 0.05) is 31.9 Å². The van der Waals surface area contributed by atoms with E-state index in [2.05, 4.69) is 20.9 Å². The average molecular weight is 312 g/mol. The fraction of sp³-hybridized carbons (Fsp3) is 0.200. The van der Waals surface area contributed by atoms with E-state index in [1.807, 2.05) is 6.92 Å². The van der Waals surface area contributed by atoms with E-state index in [4.69, 9.17) is 0 Å². The molecule has 23 heavy (non-hydrogen) atoms. The summed E-state index contributed by atoms with van der Waals surface area (Å²) >= 11 is 0. The summed E-state index contributed by atoms with van der Waals surface area (Å²) in [5.74, 6) is -0.831. The first-order chi connectivity index (χ1) is 11.0. The van der Waals surface area contributed by atoms with Crippen LogP contribution in [0.15, 0.2) is 30.6 Å². The number of rotatable bonds is 2. The Morgan fingerprint density at radius 3 is 2.61 bits per heavy atom. The highest BCUT2D eigenvalue weighted by Crippen LogP contribution is 2.16. The molecule has 3 rings (SSSR count). The number of aryl methyl sites for hydroxylation is 3. The van der Waals surface area contributed by atoms with Crippen LogP contribution in [0.4, 0.5) is 0 Å². The molecule has 0 spiro atoms. The molecule has 0 aliphatic carbocycles. The van der Waals surface area contributed by atoms with Crippen LogP contribution in [0.25, 0.3) is 11.0 Å². The van der Waals surface area contributed by atoms with Crippen LogP contribution in [-0.4, -0.2) is 31.1 Å². The number of carbonyl (C=O) groups is 2. The van der Waals surface area contributed by atoms with Crippen molar-refractivity contribution in [2.45, 2.75) is 6.92 Å². The van der Waals surface area contributed by atoms with Crippen LogP contribution >= 0.6 is 0 Å². The first kappa shape index (κ1) is 14.8. The zero-order valence-electron chi connectivity index (χ0n) is 13.0. The lowest BCUT2D eigenvalue weighted by Gasteiger charge is -2.08. The lowest BCUT2D eigenvalue weighted by Crippen LogP contribution is -2.42. The van der Waals surface area contributed by atoms with E-state index in [1.54, 1.807) is 47.7 Å². The van der Waals surface area contributed by atoms with Gasteiger partial charge in [-0.2, -0.15) is 5.10 Å². The number of carbonyl (C=O) groups excluding carboxylic acids is 2. The number of nitrogens with zero attached hydrogens (tertiary/aromatic N) is 4.